The number of rotatable bonds is 6. The van der Waals surface area contributed by atoms with Crippen LogP contribution < -0.4 is 9.47 Å². The van der Waals surface area contributed by atoms with E-state index in [1.807, 2.05) is 30.5 Å². The Morgan fingerprint density at radius 3 is 2.50 bits per heavy atom. The topological polar surface area (TPSA) is 34.1 Å². The van der Waals surface area contributed by atoms with Crippen LogP contribution in [-0.2, 0) is 6.61 Å². The highest BCUT2D eigenvalue weighted by Crippen LogP contribution is 2.30. The van der Waals surface area contributed by atoms with Crippen LogP contribution in [0.4, 0.5) is 0 Å². The first-order chi connectivity index (χ1) is 13.5. The third-order valence-corrected chi connectivity index (χ3v) is 5.66. The van der Waals surface area contributed by atoms with Crippen LogP contribution in [0.2, 0.25) is 10.0 Å². The van der Waals surface area contributed by atoms with Gasteiger partial charge in [-0.25, -0.2) is 0 Å². The van der Waals surface area contributed by atoms with Gasteiger partial charge in [-0.05, 0) is 69.0 Å². The normalized spacial score (nSPS) is 19.8. The number of piperidine rings is 1. The molecule has 1 aliphatic heterocycles. The summed E-state index contributed by atoms with van der Waals surface area (Å²) in [5.74, 6) is 1.32. The van der Waals surface area contributed by atoms with E-state index in [9.17, 15) is 0 Å². The Morgan fingerprint density at radius 1 is 1.07 bits per heavy atom. The van der Waals surface area contributed by atoms with Gasteiger partial charge in [-0.1, -0.05) is 29.3 Å². The first kappa shape index (κ1) is 20.8. The number of halogens is 2. The van der Waals surface area contributed by atoms with E-state index in [2.05, 4.69) is 18.9 Å². The predicted molar refractivity (Wildman–Crippen MR) is 116 cm³/mol. The van der Waals surface area contributed by atoms with Gasteiger partial charge in [-0.15, -0.1) is 0 Å². The van der Waals surface area contributed by atoms with Crippen molar-refractivity contribution in [3.8, 4) is 11.5 Å². The van der Waals surface area contributed by atoms with Crippen molar-refractivity contribution in [1.82, 2.24) is 5.01 Å². The van der Waals surface area contributed by atoms with E-state index < -0.39 is 0 Å². The van der Waals surface area contributed by atoms with E-state index >= 15 is 0 Å². The molecule has 0 saturated carbocycles. The van der Waals surface area contributed by atoms with Crippen molar-refractivity contribution in [3.63, 3.8) is 0 Å². The zero-order valence-electron chi connectivity index (χ0n) is 16.5. The van der Waals surface area contributed by atoms with Crippen LogP contribution in [0.1, 0.15) is 44.2 Å². The molecule has 1 aliphatic rings. The molecule has 0 spiro atoms. The minimum Gasteiger partial charge on any atom is -0.493 e. The van der Waals surface area contributed by atoms with Crippen molar-refractivity contribution in [1.29, 1.82) is 0 Å². The third kappa shape index (κ3) is 5.12. The summed E-state index contributed by atoms with van der Waals surface area (Å²) in [6, 6.07) is 12.1. The molecule has 0 aliphatic carbocycles. The number of hydrogen-bond acceptors (Lipinski definition) is 4. The first-order valence-corrected chi connectivity index (χ1v) is 10.3. The summed E-state index contributed by atoms with van der Waals surface area (Å²) >= 11 is 12.2. The third-order valence-electron chi connectivity index (χ3n) is 5.07. The second-order valence-electron chi connectivity index (χ2n) is 7.19. The fourth-order valence-corrected chi connectivity index (χ4v) is 3.91. The molecule has 6 heteroatoms. The van der Waals surface area contributed by atoms with Crippen LogP contribution in [0.5, 0.6) is 11.5 Å². The van der Waals surface area contributed by atoms with Crippen LogP contribution >= 0.6 is 23.2 Å². The Labute approximate surface area is 177 Å². The molecule has 3 rings (SSSR count). The number of hydrazone groups is 1. The quantitative estimate of drug-likeness (QED) is 0.523. The first-order valence-electron chi connectivity index (χ1n) is 9.55. The molecule has 0 radical (unpaired) electrons. The Hall–Kier alpha value is -1.91. The zero-order chi connectivity index (χ0) is 20.1. The van der Waals surface area contributed by atoms with Crippen LogP contribution in [0.25, 0.3) is 0 Å². The van der Waals surface area contributed by atoms with Gasteiger partial charge >= 0.3 is 0 Å². The van der Waals surface area contributed by atoms with Crippen molar-refractivity contribution in [3.05, 3.63) is 57.6 Å². The largest absolute Gasteiger partial charge is 0.493 e. The van der Waals surface area contributed by atoms with Crippen molar-refractivity contribution < 1.29 is 9.47 Å². The lowest BCUT2D eigenvalue weighted by molar-refractivity contribution is 0.109. The standard InChI is InChI=1S/C22H26Cl2N2O2/c1-15-5-4-6-16(2)26(15)25-13-17-7-10-21(22(11-17)27-3)28-14-18-8-9-19(23)12-20(18)24/h7-13,15-16H,4-6,14H2,1-3H3/b25-13+. The SMILES string of the molecule is COc1cc(/C=N/N2C(C)CCCC2C)ccc1OCc1ccc(Cl)cc1Cl. The van der Waals surface area contributed by atoms with Gasteiger partial charge in [0.15, 0.2) is 11.5 Å². The van der Waals surface area contributed by atoms with Gasteiger partial charge < -0.3 is 9.47 Å². The lowest BCUT2D eigenvalue weighted by Crippen LogP contribution is -2.39. The van der Waals surface area contributed by atoms with Crippen molar-refractivity contribution in [2.45, 2.75) is 51.8 Å². The monoisotopic (exact) mass is 420 g/mol. The fraction of sp³-hybridized carbons (Fsp3) is 0.409. The van der Waals surface area contributed by atoms with E-state index in [0.717, 1.165) is 11.1 Å². The molecule has 28 heavy (non-hydrogen) atoms. The van der Waals surface area contributed by atoms with Gasteiger partial charge in [0.25, 0.3) is 0 Å². The summed E-state index contributed by atoms with van der Waals surface area (Å²) in [5, 5.41) is 8.10. The summed E-state index contributed by atoms with van der Waals surface area (Å²) in [4.78, 5) is 0. The van der Waals surface area contributed by atoms with Crippen LogP contribution in [-0.4, -0.2) is 30.4 Å². The summed E-state index contributed by atoms with van der Waals surface area (Å²) in [6.45, 7) is 4.79. The second kappa shape index (κ2) is 9.53. The predicted octanol–water partition coefficient (Wildman–Crippen LogP) is 6.18. The molecule has 1 fully saturated rings. The molecule has 0 N–H and O–H groups in total. The lowest BCUT2D eigenvalue weighted by atomic mass is 10.00. The molecular formula is C22H26Cl2N2O2. The van der Waals surface area contributed by atoms with Crippen molar-refractivity contribution in [2.24, 2.45) is 5.10 Å². The highest BCUT2D eigenvalue weighted by atomic mass is 35.5. The molecule has 0 aromatic heterocycles. The number of benzene rings is 2. The summed E-state index contributed by atoms with van der Waals surface area (Å²) in [6.07, 6.45) is 5.53. The molecule has 1 heterocycles. The zero-order valence-corrected chi connectivity index (χ0v) is 18.0. The van der Waals surface area contributed by atoms with Crippen LogP contribution in [0, 0.1) is 0 Å². The second-order valence-corrected chi connectivity index (χ2v) is 8.03. The lowest BCUT2D eigenvalue weighted by Gasteiger charge is -2.36. The Bertz CT molecular complexity index is 831. The number of methoxy groups -OCH3 is 1. The number of ether oxygens (including phenoxy) is 2. The van der Waals surface area contributed by atoms with E-state index in [4.69, 9.17) is 37.8 Å². The average Bonchev–Trinajstić information content (AvgIpc) is 2.67. The molecule has 1 saturated heterocycles. The number of nitrogens with zero attached hydrogens (tertiary/aromatic N) is 2. The minimum atomic E-state index is 0.336. The van der Waals surface area contributed by atoms with Gasteiger partial charge in [0, 0.05) is 27.7 Å². The summed E-state index contributed by atoms with van der Waals surface area (Å²) < 4.78 is 11.4. The molecule has 0 amide bonds. The maximum absolute atomic E-state index is 6.22. The van der Waals surface area contributed by atoms with E-state index in [-0.39, 0.29) is 0 Å². The smallest absolute Gasteiger partial charge is 0.161 e. The van der Waals surface area contributed by atoms with Crippen LogP contribution in [0.15, 0.2) is 41.5 Å². The maximum atomic E-state index is 6.22. The molecule has 2 atom stereocenters. The highest BCUT2D eigenvalue weighted by Gasteiger charge is 2.22. The average molecular weight is 421 g/mol. The van der Waals surface area contributed by atoms with Gasteiger partial charge in [0.1, 0.15) is 6.61 Å². The Balaban J connectivity index is 1.70. The van der Waals surface area contributed by atoms with E-state index in [0.29, 0.717) is 40.2 Å². The summed E-state index contributed by atoms with van der Waals surface area (Å²) in [5.41, 5.74) is 1.84. The van der Waals surface area contributed by atoms with Gasteiger partial charge in [0.05, 0.1) is 13.3 Å². The molecule has 4 nitrogen and oxygen atoms in total. The van der Waals surface area contributed by atoms with Crippen molar-refractivity contribution in [2.75, 3.05) is 7.11 Å². The van der Waals surface area contributed by atoms with Crippen molar-refractivity contribution >= 4 is 29.4 Å². The molecule has 150 valence electrons. The van der Waals surface area contributed by atoms with E-state index in [1.54, 1.807) is 19.2 Å². The minimum absolute atomic E-state index is 0.336. The van der Waals surface area contributed by atoms with Gasteiger partial charge in [0.2, 0.25) is 0 Å². The molecule has 2 aromatic rings. The molecule has 2 aromatic carbocycles. The Kier molecular flexibility index (Phi) is 7.08. The molecule has 2 unspecified atom stereocenters. The molecule has 0 bridgehead atoms. The molecular weight excluding hydrogens is 395 g/mol. The Morgan fingerprint density at radius 2 is 1.82 bits per heavy atom. The fourth-order valence-electron chi connectivity index (χ4n) is 3.45. The van der Waals surface area contributed by atoms with Gasteiger partial charge in [-0.2, -0.15) is 5.10 Å². The maximum Gasteiger partial charge on any atom is 0.161 e. The van der Waals surface area contributed by atoms with E-state index in [1.165, 1.54) is 19.3 Å². The highest BCUT2D eigenvalue weighted by molar-refractivity contribution is 6.35. The van der Waals surface area contributed by atoms with Gasteiger partial charge in [-0.3, -0.25) is 5.01 Å². The number of hydrogen-bond donors (Lipinski definition) is 0. The summed E-state index contributed by atoms with van der Waals surface area (Å²) in [7, 11) is 1.63. The van der Waals surface area contributed by atoms with Crippen LogP contribution in [0.3, 0.4) is 0 Å².